The van der Waals surface area contributed by atoms with Gasteiger partial charge in [-0.15, -0.1) is 0 Å². The molecule has 0 bridgehead atoms. The predicted octanol–water partition coefficient (Wildman–Crippen LogP) is 6.84. The van der Waals surface area contributed by atoms with Gasteiger partial charge in [-0.25, -0.2) is 4.39 Å². The zero-order valence-electron chi connectivity index (χ0n) is 12.1. The van der Waals surface area contributed by atoms with Crippen molar-refractivity contribution in [3.63, 3.8) is 0 Å². The molecule has 0 unspecified atom stereocenters. The molecule has 0 saturated carbocycles. The van der Waals surface area contributed by atoms with Crippen LogP contribution in [0.1, 0.15) is 0 Å². The summed E-state index contributed by atoms with van der Waals surface area (Å²) in [5, 5.41) is 10.8. The van der Waals surface area contributed by atoms with Gasteiger partial charge in [0.15, 0.2) is 17.3 Å². The Hall–Kier alpha value is -1.35. The molecule has 2 rings (SSSR count). The van der Waals surface area contributed by atoms with Crippen LogP contribution in [0.2, 0.25) is 10.0 Å². The van der Waals surface area contributed by atoms with E-state index in [1.807, 2.05) is 0 Å². The fraction of sp³-hybridized carbons (Fsp3) is 0.0667. The van der Waals surface area contributed by atoms with Crippen molar-refractivity contribution in [1.82, 2.24) is 0 Å². The number of hydrogen-bond donors (Lipinski definition) is 0. The first-order valence-corrected chi connectivity index (χ1v) is 8.87. The lowest BCUT2D eigenvalue weighted by atomic mass is 10.3. The molecule has 0 aliphatic rings. The molecule has 2 aromatic rings. The molecule has 0 spiro atoms. The third-order valence-electron chi connectivity index (χ3n) is 2.80. The monoisotopic (exact) mass is 513 g/mol. The molecule has 0 aliphatic heterocycles. The van der Waals surface area contributed by atoms with Crippen LogP contribution in [-0.4, -0.2) is 11.5 Å². The summed E-state index contributed by atoms with van der Waals surface area (Å²) in [7, 11) is 0. The van der Waals surface area contributed by atoms with Crippen molar-refractivity contribution in [3.05, 3.63) is 65.8 Å². The number of halogens is 5. The number of ether oxygens (including phenoxy) is 2. The van der Waals surface area contributed by atoms with Crippen LogP contribution in [0, 0.1) is 15.9 Å². The van der Waals surface area contributed by atoms with Gasteiger partial charge in [0, 0.05) is 18.2 Å². The van der Waals surface area contributed by atoms with Crippen molar-refractivity contribution < 1.29 is 18.8 Å². The van der Waals surface area contributed by atoms with Crippen LogP contribution in [0.25, 0.3) is 0 Å². The molecule has 2 aromatic carbocycles. The van der Waals surface area contributed by atoms with E-state index in [4.69, 9.17) is 32.7 Å². The Bertz CT molecular complexity index is 821. The summed E-state index contributed by atoms with van der Waals surface area (Å²) >= 11 is 18.6. The number of nitrogens with zero attached hydrogens (tertiary/aromatic N) is 1. The normalized spacial score (nSPS) is 10.3. The van der Waals surface area contributed by atoms with Crippen LogP contribution in [0.15, 0.2) is 39.8 Å². The third-order valence-corrected chi connectivity index (χ3v) is 4.01. The zero-order chi connectivity index (χ0) is 18.6. The lowest BCUT2D eigenvalue weighted by molar-refractivity contribution is -0.385. The van der Waals surface area contributed by atoms with E-state index in [9.17, 15) is 14.5 Å². The van der Waals surface area contributed by atoms with Crippen molar-refractivity contribution >= 4 is 60.7 Å². The van der Waals surface area contributed by atoms with Gasteiger partial charge in [0.25, 0.3) is 5.69 Å². The highest BCUT2D eigenvalue weighted by Gasteiger charge is 2.16. The van der Waals surface area contributed by atoms with E-state index in [1.54, 1.807) is 6.08 Å². The summed E-state index contributed by atoms with van der Waals surface area (Å²) in [6.07, 6.45) is 1.72. The molecular weight excluding hydrogens is 508 g/mol. The molecule has 0 N–H and O–H groups in total. The minimum Gasteiger partial charge on any atom is -0.489 e. The molecule has 25 heavy (non-hydrogen) atoms. The Morgan fingerprint density at radius 3 is 2.40 bits per heavy atom. The molecule has 0 saturated heterocycles. The molecule has 0 amide bonds. The lowest BCUT2D eigenvalue weighted by Crippen LogP contribution is -1.96. The van der Waals surface area contributed by atoms with E-state index in [1.165, 1.54) is 12.1 Å². The molecule has 0 fully saturated rings. The quantitative estimate of drug-likeness (QED) is 0.312. The Morgan fingerprint density at radius 1 is 1.24 bits per heavy atom. The van der Waals surface area contributed by atoms with Crippen LogP contribution < -0.4 is 9.47 Å². The minimum atomic E-state index is -0.908. The van der Waals surface area contributed by atoms with E-state index < -0.39 is 16.4 Å². The van der Waals surface area contributed by atoms with Crippen molar-refractivity contribution in [2.24, 2.45) is 0 Å². The molecule has 0 radical (unpaired) electrons. The molecular formula is C15H8Br2Cl2FNO4. The standard InChI is InChI=1S/C15H8Br2Cl2FNO4/c16-14(17)3-4-24-9-6-10(18)15(11(19)7-9)25-13-2-1-8(21(22)23)5-12(13)20/h1-3,5-7H,4H2. The zero-order valence-corrected chi connectivity index (χ0v) is 16.8. The third kappa shape index (κ3) is 5.57. The number of non-ortho nitro benzene ring substituents is 1. The first-order valence-electron chi connectivity index (χ1n) is 6.52. The smallest absolute Gasteiger partial charge is 0.272 e. The maximum Gasteiger partial charge on any atom is 0.272 e. The largest absolute Gasteiger partial charge is 0.489 e. The van der Waals surface area contributed by atoms with Gasteiger partial charge >= 0.3 is 0 Å². The minimum absolute atomic E-state index is 0.0145. The first-order chi connectivity index (χ1) is 11.8. The molecule has 10 heteroatoms. The van der Waals surface area contributed by atoms with E-state index >= 15 is 0 Å². The fourth-order valence-electron chi connectivity index (χ4n) is 1.71. The molecule has 0 atom stereocenters. The topological polar surface area (TPSA) is 61.6 Å². The maximum atomic E-state index is 13.9. The summed E-state index contributed by atoms with van der Waals surface area (Å²) < 4.78 is 25.5. The van der Waals surface area contributed by atoms with Gasteiger partial charge in [-0.1, -0.05) is 23.2 Å². The SMILES string of the molecule is O=[N+]([O-])c1ccc(Oc2c(Cl)cc(OCC=C(Br)Br)cc2Cl)c(F)c1. The first kappa shape index (κ1) is 20.0. The Balaban J connectivity index is 2.23. The van der Waals surface area contributed by atoms with Crippen molar-refractivity contribution in [3.8, 4) is 17.2 Å². The van der Waals surface area contributed by atoms with Gasteiger partial charge < -0.3 is 9.47 Å². The van der Waals surface area contributed by atoms with Crippen LogP contribution in [0.3, 0.4) is 0 Å². The summed E-state index contributed by atoms with van der Waals surface area (Å²) in [6, 6.07) is 5.91. The highest BCUT2D eigenvalue weighted by atomic mass is 79.9. The fourth-order valence-corrected chi connectivity index (χ4v) is 2.52. The molecule has 0 heterocycles. The average Bonchev–Trinajstić information content (AvgIpc) is 2.51. The van der Waals surface area contributed by atoms with Gasteiger partial charge in [0.1, 0.15) is 12.4 Å². The van der Waals surface area contributed by atoms with E-state index in [0.29, 0.717) is 5.75 Å². The summed E-state index contributed by atoms with van der Waals surface area (Å²) in [4.78, 5) is 9.92. The van der Waals surface area contributed by atoms with Crippen molar-refractivity contribution in [2.45, 2.75) is 0 Å². The van der Waals surface area contributed by atoms with Gasteiger partial charge in [0.05, 0.1) is 24.4 Å². The molecule has 132 valence electrons. The summed E-state index contributed by atoms with van der Waals surface area (Å²) in [6.45, 7) is 0.260. The van der Waals surface area contributed by atoms with Gasteiger partial charge in [0.2, 0.25) is 0 Å². The second-order valence-corrected chi connectivity index (χ2v) is 8.08. The molecule has 5 nitrogen and oxygen atoms in total. The summed E-state index contributed by atoms with van der Waals surface area (Å²) in [5.74, 6) is -0.743. The summed E-state index contributed by atoms with van der Waals surface area (Å²) in [5.41, 5.74) is -0.392. The number of hydrogen-bond acceptors (Lipinski definition) is 4. The second-order valence-electron chi connectivity index (χ2n) is 4.49. The number of nitro groups is 1. The second kappa shape index (κ2) is 8.84. The Labute approximate surface area is 168 Å². The molecule has 0 aliphatic carbocycles. The highest BCUT2D eigenvalue weighted by Crippen LogP contribution is 2.40. The Kier molecular flexibility index (Phi) is 7.06. The van der Waals surface area contributed by atoms with Gasteiger partial charge in [-0.3, -0.25) is 10.1 Å². The van der Waals surface area contributed by atoms with E-state index in [2.05, 4.69) is 31.9 Å². The van der Waals surface area contributed by atoms with Crippen LogP contribution in [0.4, 0.5) is 10.1 Å². The number of rotatable bonds is 6. The Morgan fingerprint density at radius 2 is 1.88 bits per heavy atom. The van der Waals surface area contributed by atoms with Crippen LogP contribution >= 0.6 is 55.1 Å². The van der Waals surface area contributed by atoms with Crippen molar-refractivity contribution in [2.75, 3.05) is 6.61 Å². The lowest BCUT2D eigenvalue weighted by Gasteiger charge is -2.12. The van der Waals surface area contributed by atoms with Crippen molar-refractivity contribution in [1.29, 1.82) is 0 Å². The number of benzene rings is 2. The van der Waals surface area contributed by atoms with Crippen LogP contribution in [-0.2, 0) is 0 Å². The van der Waals surface area contributed by atoms with Crippen LogP contribution in [0.5, 0.6) is 17.2 Å². The van der Waals surface area contributed by atoms with Gasteiger partial charge in [-0.05, 0) is 44.0 Å². The molecule has 0 aromatic heterocycles. The number of nitro benzene ring substituents is 1. The van der Waals surface area contributed by atoms with E-state index in [0.717, 1.165) is 21.6 Å². The maximum absolute atomic E-state index is 13.9. The van der Waals surface area contributed by atoms with E-state index in [-0.39, 0.29) is 28.2 Å². The highest BCUT2D eigenvalue weighted by molar-refractivity contribution is 9.28. The predicted molar refractivity (Wildman–Crippen MR) is 101 cm³/mol. The average molecular weight is 516 g/mol. The van der Waals surface area contributed by atoms with Gasteiger partial charge in [-0.2, -0.15) is 0 Å².